The highest BCUT2D eigenvalue weighted by Crippen LogP contribution is 2.49. The first-order valence-electron chi connectivity index (χ1n) is 22.1. The quantitative estimate of drug-likeness (QED) is 0.160. The van der Waals surface area contributed by atoms with Crippen LogP contribution in [0.4, 0.5) is 22.7 Å². The van der Waals surface area contributed by atoms with Gasteiger partial charge in [-0.1, -0.05) is 143 Å². The fourth-order valence-electron chi connectivity index (χ4n) is 8.89. The van der Waals surface area contributed by atoms with E-state index in [1.165, 1.54) is 50.3 Å². The Morgan fingerprint density at radius 2 is 1.06 bits per heavy atom. The normalized spacial score (nSPS) is 13.6. The molecule has 0 radical (unpaired) electrons. The van der Waals surface area contributed by atoms with Gasteiger partial charge in [-0.3, -0.25) is 4.57 Å². The monoisotopic (exact) mass is 816 g/mol. The van der Waals surface area contributed by atoms with Gasteiger partial charge in [0.2, 0.25) is 0 Å². The van der Waals surface area contributed by atoms with Gasteiger partial charge >= 0.3 is 0 Å². The number of pyridine rings is 1. The van der Waals surface area contributed by atoms with Gasteiger partial charge in [-0.05, 0) is 111 Å². The molecule has 8 aromatic rings. The molecule has 0 atom stereocenters. The lowest BCUT2D eigenvalue weighted by Crippen LogP contribution is -2.25. The maximum Gasteiger partial charge on any atom is 0.137 e. The van der Waals surface area contributed by atoms with Gasteiger partial charge in [-0.25, -0.2) is 4.98 Å². The molecule has 314 valence electrons. The summed E-state index contributed by atoms with van der Waals surface area (Å²) in [6.07, 6.45) is 1.93. The zero-order valence-electron chi connectivity index (χ0n) is 38.3. The lowest BCUT2D eigenvalue weighted by Gasteiger charge is -2.30. The van der Waals surface area contributed by atoms with Crippen LogP contribution in [0.25, 0.3) is 27.6 Å². The van der Waals surface area contributed by atoms with Crippen LogP contribution in [0, 0.1) is 0 Å². The Labute approximate surface area is 368 Å². The van der Waals surface area contributed by atoms with E-state index >= 15 is 0 Å². The molecule has 3 heterocycles. The summed E-state index contributed by atoms with van der Waals surface area (Å²) in [5, 5.41) is 2.35. The predicted octanol–water partition coefficient (Wildman–Crippen LogP) is 15.4. The Kier molecular flexibility index (Phi) is 9.89. The molecule has 0 amide bonds. The second-order valence-corrected chi connectivity index (χ2v) is 20.7. The number of nitrogens with zero attached hydrogens (tertiary/aromatic N) is 4. The number of fused-ring (bicyclic) bond motifs is 4. The SMILES string of the molecule is CC(C)(C)c1cccc(N2CN(c3cc(Oc4ccc5c6ccccc6n(-c6cc(C(C)(C)C)ccn6)c5c4)cc(C(C)(C)c4ccccc4)c3)c3cc(C(C)(C)C)ccc32)c1. The van der Waals surface area contributed by atoms with Gasteiger partial charge in [0, 0.05) is 45.9 Å². The van der Waals surface area contributed by atoms with E-state index in [0.717, 1.165) is 39.4 Å². The summed E-state index contributed by atoms with van der Waals surface area (Å²) < 4.78 is 9.36. The van der Waals surface area contributed by atoms with Gasteiger partial charge in [0.25, 0.3) is 0 Å². The first kappa shape index (κ1) is 41.0. The number of rotatable bonds is 7. The van der Waals surface area contributed by atoms with Crippen LogP contribution in [-0.2, 0) is 21.7 Å². The van der Waals surface area contributed by atoms with Crippen molar-refractivity contribution in [2.45, 2.75) is 97.8 Å². The standard InChI is InChI=1S/C57H60N4O/c1-54(2,3)39-20-17-21-43(30-39)59-37-60(52-33-40(55(4,5)6)24-27-50(52)59)44-31-42(57(10,11)38-18-13-12-14-19-38)32-46(35-44)62-45-25-26-48-47-22-15-16-23-49(47)61(51(48)36-45)53-34-41(28-29-58-53)56(7,8)9/h12-36H,37H2,1-11H3. The van der Waals surface area contributed by atoms with Gasteiger partial charge < -0.3 is 14.5 Å². The van der Waals surface area contributed by atoms with Crippen LogP contribution in [0.1, 0.15) is 104 Å². The molecule has 0 spiro atoms. The molecule has 62 heavy (non-hydrogen) atoms. The van der Waals surface area contributed by atoms with Crippen molar-refractivity contribution in [1.29, 1.82) is 0 Å². The molecule has 6 aromatic carbocycles. The van der Waals surface area contributed by atoms with Gasteiger partial charge in [0.05, 0.1) is 22.4 Å². The summed E-state index contributed by atoms with van der Waals surface area (Å²) in [7, 11) is 0. The van der Waals surface area contributed by atoms with E-state index in [1.807, 2.05) is 6.20 Å². The second kappa shape index (κ2) is 14.9. The maximum absolute atomic E-state index is 7.08. The maximum atomic E-state index is 7.08. The lowest BCUT2D eigenvalue weighted by molar-refractivity contribution is 0.480. The molecule has 1 aliphatic heterocycles. The van der Waals surface area contributed by atoms with Crippen molar-refractivity contribution in [2.75, 3.05) is 16.5 Å². The van der Waals surface area contributed by atoms with Gasteiger partial charge in [-0.2, -0.15) is 0 Å². The first-order valence-corrected chi connectivity index (χ1v) is 22.1. The summed E-state index contributed by atoms with van der Waals surface area (Å²) in [4.78, 5) is 9.86. The Bertz CT molecular complexity index is 2950. The summed E-state index contributed by atoms with van der Waals surface area (Å²) in [5.41, 5.74) is 12.8. The van der Waals surface area contributed by atoms with Crippen LogP contribution in [0.2, 0.25) is 0 Å². The third kappa shape index (κ3) is 7.52. The molecule has 0 bridgehead atoms. The molecule has 0 unspecified atom stereocenters. The van der Waals surface area contributed by atoms with Crippen LogP contribution >= 0.6 is 0 Å². The minimum Gasteiger partial charge on any atom is -0.457 e. The number of ether oxygens (including phenoxy) is 1. The predicted molar refractivity (Wildman–Crippen MR) is 262 cm³/mol. The molecule has 2 aromatic heterocycles. The number of para-hydroxylation sites is 1. The van der Waals surface area contributed by atoms with Crippen LogP contribution in [0.15, 0.2) is 152 Å². The van der Waals surface area contributed by atoms with E-state index in [9.17, 15) is 0 Å². The molecular formula is C57H60N4O. The zero-order valence-corrected chi connectivity index (χ0v) is 38.3. The second-order valence-electron chi connectivity index (χ2n) is 20.7. The Hall–Kier alpha value is -6.33. The number of hydrogen-bond acceptors (Lipinski definition) is 4. The third-order valence-corrected chi connectivity index (χ3v) is 12.9. The molecule has 0 aliphatic carbocycles. The summed E-state index contributed by atoms with van der Waals surface area (Å²) in [6.45, 7) is 25.8. The van der Waals surface area contributed by atoms with Crippen molar-refractivity contribution in [1.82, 2.24) is 9.55 Å². The van der Waals surface area contributed by atoms with Gasteiger partial charge in [0.1, 0.15) is 24.0 Å². The van der Waals surface area contributed by atoms with Crippen molar-refractivity contribution >= 4 is 44.6 Å². The zero-order chi connectivity index (χ0) is 43.8. The summed E-state index contributed by atoms with van der Waals surface area (Å²) >= 11 is 0. The average molecular weight is 817 g/mol. The van der Waals surface area contributed by atoms with Crippen molar-refractivity contribution in [3.05, 3.63) is 180 Å². The number of aromatic nitrogens is 2. The van der Waals surface area contributed by atoms with E-state index in [0.29, 0.717) is 6.67 Å². The minimum atomic E-state index is -0.313. The highest BCUT2D eigenvalue weighted by molar-refractivity contribution is 6.09. The number of hydrogen-bond donors (Lipinski definition) is 0. The molecule has 9 rings (SSSR count). The van der Waals surface area contributed by atoms with Crippen LogP contribution in [-0.4, -0.2) is 16.2 Å². The Morgan fingerprint density at radius 3 is 1.81 bits per heavy atom. The topological polar surface area (TPSA) is 33.5 Å². The number of benzene rings is 6. The van der Waals surface area contributed by atoms with Crippen LogP contribution in [0.5, 0.6) is 11.5 Å². The van der Waals surface area contributed by atoms with Crippen molar-refractivity contribution in [3.8, 4) is 17.3 Å². The van der Waals surface area contributed by atoms with E-state index < -0.39 is 0 Å². The molecule has 5 heteroatoms. The highest BCUT2D eigenvalue weighted by Gasteiger charge is 2.33. The van der Waals surface area contributed by atoms with Crippen molar-refractivity contribution < 1.29 is 4.74 Å². The third-order valence-electron chi connectivity index (χ3n) is 12.9. The Balaban J connectivity index is 1.20. The molecule has 0 saturated carbocycles. The van der Waals surface area contributed by atoms with Crippen molar-refractivity contribution in [2.24, 2.45) is 0 Å². The highest BCUT2D eigenvalue weighted by atomic mass is 16.5. The average Bonchev–Trinajstić information content (AvgIpc) is 3.79. The molecule has 0 saturated heterocycles. The van der Waals surface area contributed by atoms with Crippen LogP contribution < -0.4 is 14.5 Å². The van der Waals surface area contributed by atoms with Crippen LogP contribution in [0.3, 0.4) is 0 Å². The lowest BCUT2D eigenvalue weighted by atomic mass is 9.78. The summed E-state index contributed by atoms with van der Waals surface area (Å²) in [6, 6.07) is 53.1. The minimum absolute atomic E-state index is 0.0152. The first-order chi connectivity index (χ1) is 29.4. The fraction of sp³-hybridized carbons (Fsp3) is 0.281. The van der Waals surface area contributed by atoms with E-state index in [4.69, 9.17) is 9.72 Å². The van der Waals surface area contributed by atoms with Crippen molar-refractivity contribution in [3.63, 3.8) is 0 Å². The molecular weight excluding hydrogens is 757 g/mol. The Morgan fingerprint density at radius 1 is 0.435 bits per heavy atom. The molecule has 5 nitrogen and oxygen atoms in total. The smallest absolute Gasteiger partial charge is 0.137 e. The molecule has 0 N–H and O–H groups in total. The van der Waals surface area contributed by atoms with Gasteiger partial charge in [0.15, 0.2) is 0 Å². The van der Waals surface area contributed by atoms with E-state index in [1.54, 1.807) is 0 Å². The number of anilines is 4. The molecule has 1 aliphatic rings. The molecule has 0 fully saturated rings. The van der Waals surface area contributed by atoms with Gasteiger partial charge in [-0.15, -0.1) is 0 Å². The summed E-state index contributed by atoms with van der Waals surface area (Å²) in [5.74, 6) is 2.46. The van der Waals surface area contributed by atoms with E-state index in [-0.39, 0.29) is 21.7 Å². The largest absolute Gasteiger partial charge is 0.457 e. The van der Waals surface area contributed by atoms with E-state index in [2.05, 4.69) is 236 Å². The fourth-order valence-corrected chi connectivity index (χ4v) is 8.89.